The maximum Gasteiger partial charge on any atom is 0.301 e. The van der Waals surface area contributed by atoms with E-state index in [0.717, 1.165) is 21.3 Å². The van der Waals surface area contributed by atoms with Crippen LogP contribution in [0.3, 0.4) is 0 Å². The summed E-state index contributed by atoms with van der Waals surface area (Å²) in [6.45, 7) is 0.832. The molecule has 1 amide bonds. The van der Waals surface area contributed by atoms with Crippen molar-refractivity contribution in [2.45, 2.75) is 6.42 Å². The molecule has 0 radical (unpaired) electrons. The topological polar surface area (TPSA) is 91.4 Å². The lowest BCUT2D eigenvalue weighted by atomic mass is 10.1. The number of nitrogens with zero attached hydrogens (tertiary/aromatic N) is 2. The molecule has 0 unspecified atom stereocenters. The van der Waals surface area contributed by atoms with Crippen LogP contribution in [0.15, 0.2) is 66.2 Å². The van der Waals surface area contributed by atoms with Crippen LogP contribution in [-0.4, -0.2) is 32.4 Å². The SMILES string of the molecule is O=C(Nc1ccc(Cl)c(-c2nccc3sccc23)c1)c1ccc(N2CCCNS2(=O)=O)cc1. The predicted molar refractivity (Wildman–Crippen MR) is 133 cm³/mol. The van der Waals surface area contributed by atoms with E-state index in [1.54, 1.807) is 60.0 Å². The third-order valence-corrected chi connectivity index (χ3v) is 8.14. The van der Waals surface area contributed by atoms with Crippen molar-refractivity contribution in [2.24, 2.45) is 0 Å². The summed E-state index contributed by atoms with van der Waals surface area (Å²) in [7, 11) is -3.54. The molecule has 10 heteroatoms. The van der Waals surface area contributed by atoms with Gasteiger partial charge in [-0.1, -0.05) is 11.6 Å². The van der Waals surface area contributed by atoms with Crippen LogP contribution >= 0.6 is 22.9 Å². The minimum absolute atomic E-state index is 0.309. The highest BCUT2D eigenvalue weighted by Crippen LogP contribution is 2.35. The van der Waals surface area contributed by atoms with Crippen LogP contribution in [0.5, 0.6) is 0 Å². The second-order valence-corrected chi connectivity index (χ2v) is 10.5. The van der Waals surface area contributed by atoms with Crippen LogP contribution in [0.4, 0.5) is 11.4 Å². The minimum atomic E-state index is -3.54. The normalized spacial score (nSPS) is 15.5. The van der Waals surface area contributed by atoms with Gasteiger partial charge in [-0.2, -0.15) is 13.1 Å². The molecule has 2 N–H and O–H groups in total. The molecule has 2 aromatic heterocycles. The average Bonchev–Trinajstić information content (AvgIpc) is 3.29. The number of amides is 1. The summed E-state index contributed by atoms with van der Waals surface area (Å²) in [5.74, 6) is -0.309. The minimum Gasteiger partial charge on any atom is -0.322 e. The number of carbonyl (C=O) groups excluding carboxylic acids is 1. The molecule has 5 rings (SSSR count). The number of nitrogens with one attached hydrogen (secondary N) is 2. The second kappa shape index (κ2) is 8.75. The van der Waals surface area contributed by atoms with E-state index in [9.17, 15) is 13.2 Å². The first-order valence-electron chi connectivity index (χ1n) is 10.2. The highest BCUT2D eigenvalue weighted by atomic mass is 35.5. The van der Waals surface area contributed by atoms with Gasteiger partial charge in [-0.15, -0.1) is 11.3 Å². The third kappa shape index (κ3) is 4.32. The number of anilines is 2. The molecule has 1 saturated heterocycles. The number of hydrogen-bond acceptors (Lipinski definition) is 5. The van der Waals surface area contributed by atoms with Crippen LogP contribution < -0.4 is 14.3 Å². The van der Waals surface area contributed by atoms with Crippen LogP contribution in [0.2, 0.25) is 5.02 Å². The number of hydrogen-bond donors (Lipinski definition) is 2. The summed E-state index contributed by atoms with van der Waals surface area (Å²) in [6.07, 6.45) is 2.46. The molecule has 0 bridgehead atoms. The molecule has 0 spiro atoms. The van der Waals surface area contributed by atoms with Crippen molar-refractivity contribution in [3.05, 3.63) is 76.8 Å². The van der Waals surface area contributed by atoms with Crippen molar-refractivity contribution in [2.75, 3.05) is 22.7 Å². The number of benzene rings is 2. The lowest BCUT2D eigenvalue weighted by Crippen LogP contribution is -2.47. The zero-order chi connectivity index (χ0) is 23.0. The van der Waals surface area contributed by atoms with Crippen molar-refractivity contribution in [1.82, 2.24) is 9.71 Å². The van der Waals surface area contributed by atoms with E-state index in [-0.39, 0.29) is 5.91 Å². The van der Waals surface area contributed by atoms with E-state index >= 15 is 0 Å². The summed E-state index contributed by atoms with van der Waals surface area (Å²) in [6, 6.07) is 15.7. The van der Waals surface area contributed by atoms with Gasteiger partial charge in [0.2, 0.25) is 0 Å². The molecule has 1 aliphatic heterocycles. The van der Waals surface area contributed by atoms with Gasteiger partial charge in [0.15, 0.2) is 0 Å². The Kier molecular flexibility index (Phi) is 5.79. The van der Waals surface area contributed by atoms with E-state index in [1.807, 2.05) is 17.5 Å². The fourth-order valence-corrected chi connectivity index (χ4v) is 6.08. The van der Waals surface area contributed by atoms with Crippen molar-refractivity contribution < 1.29 is 13.2 Å². The molecule has 2 aromatic carbocycles. The number of rotatable bonds is 4. The first-order valence-corrected chi connectivity index (χ1v) is 12.9. The first kappa shape index (κ1) is 21.8. The molecule has 0 aliphatic carbocycles. The van der Waals surface area contributed by atoms with Crippen LogP contribution in [0.25, 0.3) is 21.3 Å². The van der Waals surface area contributed by atoms with Gasteiger partial charge in [-0.05, 0) is 66.4 Å². The van der Waals surface area contributed by atoms with Gasteiger partial charge in [0.1, 0.15) is 0 Å². The molecule has 0 atom stereocenters. The molecule has 0 saturated carbocycles. The van der Waals surface area contributed by atoms with Gasteiger partial charge in [0.05, 0.1) is 16.4 Å². The second-order valence-electron chi connectivity index (χ2n) is 7.51. The predicted octanol–water partition coefficient (Wildman–Crippen LogP) is 4.91. The quantitative estimate of drug-likeness (QED) is 0.418. The smallest absolute Gasteiger partial charge is 0.301 e. The number of thiophene rings is 1. The number of fused-ring (bicyclic) bond motifs is 1. The Hall–Kier alpha value is -2.98. The lowest BCUT2D eigenvalue weighted by molar-refractivity contribution is 0.102. The number of pyridine rings is 1. The largest absolute Gasteiger partial charge is 0.322 e. The highest BCUT2D eigenvalue weighted by molar-refractivity contribution is 7.90. The summed E-state index contributed by atoms with van der Waals surface area (Å²) in [5, 5.41) is 6.44. The summed E-state index contributed by atoms with van der Waals surface area (Å²) in [4.78, 5) is 17.3. The molecular formula is C23H19ClN4O3S2. The van der Waals surface area contributed by atoms with Gasteiger partial charge in [-0.3, -0.25) is 14.1 Å². The summed E-state index contributed by atoms with van der Waals surface area (Å²) < 4.78 is 29.3. The van der Waals surface area contributed by atoms with Crippen molar-refractivity contribution in [1.29, 1.82) is 0 Å². The lowest BCUT2D eigenvalue weighted by Gasteiger charge is -2.28. The molecule has 7 nitrogen and oxygen atoms in total. The van der Waals surface area contributed by atoms with E-state index in [1.165, 1.54) is 4.31 Å². The maximum atomic E-state index is 12.8. The monoisotopic (exact) mass is 498 g/mol. The van der Waals surface area contributed by atoms with Crippen molar-refractivity contribution in [3.63, 3.8) is 0 Å². The Bertz CT molecular complexity index is 1450. The zero-order valence-electron chi connectivity index (χ0n) is 17.3. The number of carbonyl (C=O) groups is 1. The van der Waals surface area contributed by atoms with Gasteiger partial charge in [-0.25, -0.2) is 0 Å². The molecule has 33 heavy (non-hydrogen) atoms. The molecule has 168 valence electrons. The highest BCUT2D eigenvalue weighted by Gasteiger charge is 2.25. The average molecular weight is 499 g/mol. The fourth-order valence-electron chi connectivity index (χ4n) is 3.77. The Morgan fingerprint density at radius 1 is 1.12 bits per heavy atom. The van der Waals surface area contributed by atoms with Crippen molar-refractivity contribution in [3.8, 4) is 11.3 Å². The van der Waals surface area contributed by atoms with Gasteiger partial charge in [0.25, 0.3) is 5.91 Å². The summed E-state index contributed by atoms with van der Waals surface area (Å²) in [5.41, 5.74) is 3.01. The van der Waals surface area contributed by atoms with Gasteiger partial charge < -0.3 is 5.32 Å². The molecular weight excluding hydrogens is 480 g/mol. The Morgan fingerprint density at radius 2 is 1.94 bits per heavy atom. The van der Waals surface area contributed by atoms with E-state index < -0.39 is 10.2 Å². The molecule has 4 aromatic rings. The van der Waals surface area contributed by atoms with E-state index in [4.69, 9.17) is 11.6 Å². The van der Waals surface area contributed by atoms with E-state index in [2.05, 4.69) is 15.0 Å². The van der Waals surface area contributed by atoms with Crippen LogP contribution in [-0.2, 0) is 10.2 Å². The fraction of sp³-hybridized carbons (Fsp3) is 0.130. The Balaban J connectivity index is 1.38. The first-order chi connectivity index (χ1) is 15.9. The third-order valence-electron chi connectivity index (χ3n) is 5.39. The van der Waals surface area contributed by atoms with Crippen molar-refractivity contribution >= 4 is 60.5 Å². The molecule has 1 aliphatic rings. The van der Waals surface area contributed by atoms with Gasteiger partial charge in [0, 0.05) is 46.2 Å². The Labute approximate surface area is 200 Å². The van der Waals surface area contributed by atoms with Gasteiger partial charge >= 0.3 is 10.2 Å². The Morgan fingerprint density at radius 3 is 2.73 bits per heavy atom. The summed E-state index contributed by atoms with van der Waals surface area (Å²) >= 11 is 8.09. The number of halogens is 1. The standard InChI is InChI=1S/C23H19ClN4O3S2/c24-20-7-4-16(14-19(20)22-18-9-13-32-21(18)8-11-25-22)27-23(29)15-2-5-17(6-3-15)28-12-1-10-26-33(28,30)31/h2-9,11,13-14,26H,1,10,12H2,(H,27,29). The zero-order valence-corrected chi connectivity index (χ0v) is 19.7. The molecule has 3 heterocycles. The van der Waals surface area contributed by atoms with Crippen LogP contribution in [0, 0.1) is 0 Å². The van der Waals surface area contributed by atoms with Crippen LogP contribution in [0.1, 0.15) is 16.8 Å². The number of aromatic nitrogens is 1. The maximum absolute atomic E-state index is 12.8. The molecule has 1 fully saturated rings. The van der Waals surface area contributed by atoms with E-state index in [0.29, 0.717) is 41.5 Å².